The number of benzene rings is 1. The predicted octanol–water partition coefficient (Wildman–Crippen LogP) is 3.05. The standard InChI is InChI=1S/C18H25NO4/c1-18(2,3)12-11-14(17(22)23)19-16(21)10-9-15(20)13-7-5-4-6-8-13/h4-8,14H,9-12H2,1-3H3,(H,19,21)(H,22,23). The second kappa shape index (κ2) is 8.46. The van der Waals surface area contributed by atoms with Gasteiger partial charge in [0, 0.05) is 18.4 Å². The van der Waals surface area contributed by atoms with Gasteiger partial charge in [0.15, 0.2) is 5.78 Å². The molecule has 0 radical (unpaired) electrons. The molecule has 23 heavy (non-hydrogen) atoms. The van der Waals surface area contributed by atoms with Crippen molar-refractivity contribution in [3.05, 3.63) is 35.9 Å². The molecule has 0 saturated carbocycles. The highest BCUT2D eigenvalue weighted by Crippen LogP contribution is 2.21. The second-order valence-corrected chi connectivity index (χ2v) is 6.85. The second-order valence-electron chi connectivity index (χ2n) is 6.85. The largest absolute Gasteiger partial charge is 0.480 e. The Hall–Kier alpha value is -2.17. The van der Waals surface area contributed by atoms with Crippen LogP contribution < -0.4 is 5.32 Å². The first-order chi connectivity index (χ1) is 10.7. The summed E-state index contributed by atoms with van der Waals surface area (Å²) in [6.07, 6.45) is 1.12. The molecular formula is C18H25NO4. The SMILES string of the molecule is CC(C)(C)CCC(NC(=O)CCC(=O)c1ccccc1)C(=O)O. The molecule has 0 bridgehead atoms. The van der Waals surface area contributed by atoms with Gasteiger partial charge in [0.1, 0.15) is 6.04 Å². The molecule has 126 valence electrons. The predicted molar refractivity (Wildman–Crippen MR) is 88.3 cm³/mol. The van der Waals surface area contributed by atoms with Gasteiger partial charge in [-0.05, 0) is 18.3 Å². The zero-order valence-electron chi connectivity index (χ0n) is 14.0. The number of carboxylic acids is 1. The van der Waals surface area contributed by atoms with Gasteiger partial charge in [-0.25, -0.2) is 4.79 Å². The first-order valence-electron chi connectivity index (χ1n) is 7.79. The third-order valence-electron chi connectivity index (χ3n) is 3.49. The molecule has 2 N–H and O–H groups in total. The van der Waals surface area contributed by atoms with Crippen LogP contribution in [0, 0.1) is 5.41 Å². The maximum Gasteiger partial charge on any atom is 0.326 e. The van der Waals surface area contributed by atoms with Gasteiger partial charge in [0.25, 0.3) is 0 Å². The van der Waals surface area contributed by atoms with Gasteiger partial charge in [-0.1, -0.05) is 51.1 Å². The van der Waals surface area contributed by atoms with Crippen LogP contribution in [0.3, 0.4) is 0 Å². The van der Waals surface area contributed by atoms with Crippen molar-refractivity contribution in [3.63, 3.8) is 0 Å². The van der Waals surface area contributed by atoms with Crippen molar-refractivity contribution in [1.82, 2.24) is 5.32 Å². The van der Waals surface area contributed by atoms with Crippen molar-refractivity contribution in [1.29, 1.82) is 0 Å². The van der Waals surface area contributed by atoms with Gasteiger partial charge in [-0.2, -0.15) is 0 Å². The number of hydrogen-bond acceptors (Lipinski definition) is 3. The number of hydrogen-bond donors (Lipinski definition) is 2. The number of nitrogens with one attached hydrogen (secondary N) is 1. The number of amides is 1. The van der Waals surface area contributed by atoms with Crippen LogP contribution in [-0.4, -0.2) is 28.8 Å². The molecule has 0 aromatic heterocycles. The number of Topliss-reactive ketones (excluding diaryl/α,β-unsaturated/α-hetero) is 1. The Labute approximate surface area is 137 Å². The minimum absolute atomic E-state index is 0.00169. The Morgan fingerprint density at radius 2 is 1.70 bits per heavy atom. The van der Waals surface area contributed by atoms with E-state index in [4.69, 9.17) is 0 Å². The van der Waals surface area contributed by atoms with E-state index in [1.807, 2.05) is 26.8 Å². The van der Waals surface area contributed by atoms with Gasteiger partial charge in [0.2, 0.25) is 5.91 Å². The highest BCUT2D eigenvalue weighted by Gasteiger charge is 2.23. The minimum Gasteiger partial charge on any atom is -0.480 e. The fraction of sp³-hybridized carbons (Fsp3) is 0.500. The van der Waals surface area contributed by atoms with E-state index in [1.54, 1.807) is 24.3 Å². The lowest BCUT2D eigenvalue weighted by Gasteiger charge is -2.21. The van der Waals surface area contributed by atoms with Crippen LogP contribution in [-0.2, 0) is 9.59 Å². The monoisotopic (exact) mass is 319 g/mol. The third-order valence-corrected chi connectivity index (χ3v) is 3.49. The van der Waals surface area contributed by atoms with Crippen molar-refractivity contribution in [3.8, 4) is 0 Å². The Kier molecular flexibility index (Phi) is 6.94. The number of carboxylic acid groups (broad SMARTS) is 1. The van der Waals surface area contributed by atoms with Crippen molar-refractivity contribution in [2.75, 3.05) is 0 Å². The van der Waals surface area contributed by atoms with E-state index in [2.05, 4.69) is 5.32 Å². The maximum atomic E-state index is 11.9. The van der Waals surface area contributed by atoms with E-state index >= 15 is 0 Å². The first kappa shape index (κ1) is 18.9. The van der Waals surface area contributed by atoms with Crippen molar-refractivity contribution in [2.45, 2.75) is 52.5 Å². The van der Waals surface area contributed by atoms with E-state index < -0.39 is 17.9 Å². The molecule has 0 aliphatic rings. The number of carbonyl (C=O) groups is 3. The van der Waals surface area contributed by atoms with E-state index in [1.165, 1.54) is 0 Å². The maximum absolute atomic E-state index is 11.9. The van der Waals surface area contributed by atoms with Gasteiger partial charge >= 0.3 is 5.97 Å². The molecule has 1 unspecified atom stereocenters. The van der Waals surface area contributed by atoms with E-state index in [9.17, 15) is 19.5 Å². The summed E-state index contributed by atoms with van der Waals surface area (Å²) in [5.74, 6) is -1.57. The summed E-state index contributed by atoms with van der Waals surface area (Å²) in [7, 11) is 0. The van der Waals surface area contributed by atoms with Crippen molar-refractivity contribution in [2.24, 2.45) is 5.41 Å². The Balaban J connectivity index is 2.47. The quantitative estimate of drug-likeness (QED) is 0.721. The van der Waals surface area contributed by atoms with Crippen molar-refractivity contribution < 1.29 is 19.5 Å². The summed E-state index contributed by atoms with van der Waals surface area (Å²) >= 11 is 0. The van der Waals surface area contributed by atoms with Crippen molar-refractivity contribution >= 4 is 17.7 Å². The molecule has 1 rings (SSSR count). The fourth-order valence-electron chi connectivity index (χ4n) is 2.10. The molecule has 1 aromatic rings. The third kappa shape index (κ3) is 7.58. The molecule has 0 fully saturated rings. The summed E-state index contributed by atoms with van der Waals surface area (Å²) in [5.41, 5.74) is 0.560. The lowest BCUT2D eigenvalue weighted by molar-refractivity contribution is -0.142. The Morgan fingerprint density at radius 1 is 1.09 bits per heavy atom. The number of ketones is 1. The summed E-state index contributed by atoms with van der Waals surface area (Å²) < 4.78 is 0. The van der Waals surface area contributed by atoms with Gasteiger partial charge < -0.3 is 10.4 Å². The van der Waals surface area contributed by atoms with E-state index in [0.29, 0.717) is 18.4 Å². The highest BCUT2D eigenvalue weighted by atomic mass is 16.4. The zero-order valence-corrected chi connectivity index (χ0v) is 14.0. The van der Waals surface area contributed by atoms with Crippen LogP contribution in [0.15, 0.2) is 30.3 Å². The molecule has 0 saturated heterocycles. The molecule has 0 heterocycles. The lowest BCUT2D eigenvalue weighted by Crippen LogP contribution is -2.41. The first-order valence-corrected chi connectivity index (χ1v) is 7.79. The van der Waals surface area contributed by atoms with Crippen LogP contribution >= 0.6 is 0 Å². The lowest BCUT2D eigenvalue weighted by atomic mass is 9.88. The summed E-state index contributed by atoms with van der Waals surface area (Å²) in [6, 6.07) is 7.83. The normalized spacial score (nSPS) is 12.5. The molecule has 1 atom stereocenters. The molecule has 1 aromatic carbocycles. The van der Waals surface area contributed by atoms with Gasteiger partial charge in [-0.3, -0.25) is 9.59 Å². The number of aliphatic carboxylic acids is 1. The minimum atomic E-state index is -1.04. The van der Waals surface area contributed by atoms with E-state index in [0.717, 1.165) is 0 Å². The zero-order chi connectivity index (χ0) is 17.5. The molecule has 5 heteroatoms. The topological polar surface area (TPSA) is 83.5 Å². The molecular weight excluding hydrogens is 294 g/mol. The average Bonchev–Trinajstić information content (AvgIpc) is 2.48. The Bertz CT molecular complexity index is 546. The average molecular weight is 319 g/mol. The smallest absolute Gasteiger partial charge is 0.326 e. The summed E-state index contributed by atoms with van der Waals surface area (Å²) in [6.45, 7) is 6.06. The van der Waals surface area contributed by atoms with Crippen LogP contribution in [0.5, 0.6) is 0 Å². The van der Waals surface area contributed by atoms with Gasteiger partial charge in [-0.15, -0.1) is 0 Å². The molecule has 0 spiro atoms. The fourth-order valence-corrected chi connectivity index (χ4v) is 2.10. The van der Waals surface area contributed by atoms with Crippen LogP contribution in [0.1, 0.15) is 56.8 Å². The molecule has 1 amide bonds. The molecule has 0 aliphatic carbocycles. The summed E-state index contributed by atoms with van der Waals surface area (Å²) in [5, 5.41) is 11.7. The summed E-state index contributed by atoms with van der Waals surface area (Å²) in [4.78, 5) is 35.1. The van der Waals surface area contributed by atoms with Crippen LogP contribution in [0.2, 0.25) is 0 Å². The number of carbonyl (C=O) groups excluding carboxylic acids is 2. The van der Waals surface area contributed by atoms with E-state index in [-0.39, 0.29) is 24.0 Å². The molecule has 5 nitrogen and oxygen atoms in total. The molecule has 0 aliphatic heterocycles. The van der Waals surface area contributed by atoms with Gasteiger partial charge in [0.05, 0.1) is 0 Å². The van der Waals surface area contributed by atoms with Crippen LogP contribution in [0.4, 0.5) is 0 Å². The van der Waals surface area contributed by atoms with Crippen LogP contribution in [0.25, 0.3) is 0 Å². The Morgan fingerprint density at radius 3 is 2.22 bits per heavy atom. The number of rotatable bonds is 8. The highest BCUT2D eigenvalue weighted by molar-refractivity contribution is 5.98.